The molecule has 7 heteroatoms. The second-order valence-corrected chi connectivity index (χ2v) is 6.47. The molecule has 1 aromatic heterocycles. The maximum absolute atomic E-state index is 11.6. The Kier molecular flexibility index (Phi) is 5.76. The highest BCUT2D eigenvalue weighted by Crippen LogP contribution is 2.27. The van der Waals surface area contributed by atoms with E-state index in [9.17, 15) is 9.90 Å². The van der Waals surface area contributed by atoms with Gasteiger partial charge in [-0.2, -0.15) is 4.98 Å². The molecule has 0 radical (unpaired) electrons. The number of nitrogens with two attached hydrogens (primary N) is 1. The lowest BCUT2D eigenvalue weighted by atomic mass is 9.85. The first-order chi connectivity index (χ1) is 10.9. The van der Waals surface area contributed by atoms with Crippen molar-refractivity contribution in [1.29, 1.82) is 0 Å². The Bertz CT molecular complexity index is 551. The molecule has 1 aromatic rings. The lowest BCUT2D eigenvalue weighted by Crippen LogP contribution is -2.35. The molecule has 1 heterocycles. The highest BCUT2D eigenvalue weighted by molar-refractivity contribution is 5.97. The fourth-order valence-electron chi connectivity index (χ4n) is 2.69. The summed E-state index contributed by atoms with van der Waals surface area (Å²) in [7, 11) is 0. The molecular formula is C16H27N5O2. The van der Waals surface area contributed by atoms with Gasteiger partial charge in [0.2, 0.25) is 5.95 Å². The number of aliphatic hydroxyl groups is 1. The SMILES string of the molecule is CCC(C)Nc1ncc(C(N)=O)c(N[C@@H]2CC[C@@H](C)[C@H](O)C2)n1. The van der Waals surface area contributed by atoms with E-state index in [4.69, 9.17) is 5.73 Å². The molecule has 0 bridgehead atoms. The van der Waals surface area contributed by atoms with Crippen molar-refractivity contribution in [1.82, 2.24) is 9.97 Å². The molecular weight excluding hydrogens is 294 g/mol. The number of aromatic nitrogens is 2. The van der Waals surface area contributed by atoms with Crippen LogP contribution in [0, 0.1) is 5.92 Å². The Hall–Kier alpha value is -1.89. The maximum Gasteiger partial charge on any atom is 0.254 e. The van der Waals surface area contributed by atoms with E-state index in [2.05, 4.69) is 34.4 Å². The van der Waals surface area contributed by atoms with Crippen LogP contribution in [0.3, 0.4) is 0 Å². The van der Waals surface area contributed by atoms with Gasteiger partial charge in [0.1, 0.15) is 5.82 Å². The van der Waals surface area contributed by atoms with E-state index >= 15 is 0 Å². The molecule has 0 aromatic carbocycles. The normalized spacial score (nSPS) is 25.7. The smallest absolute Gasteiger partial charge is 0.254 e. The van der Waals surface area contributed by atoms with E-state index < -0.39 is 5.91 Å². The third kappa shape index (κ3) is 4.54. The summed E-state index contributed by atoms with van der Waals surface area (Å²) >= 11 is 0. The molecule has 1 unspecified atom stereocenters. The van der Waals surface area contributed by atoms with E-state index in [0.29, 0.717) is 24.1 Å². The van der Waals surface area contributed by atoms with Crippen LogP contribution in [-0.4, -0.2) is 39.2 Å². The van der Waals surface area contributed by atoms with Gasteiger partial charge in [-0.25, -0.2) is 4.98 Å². The molecule has 0 saturated heterocycles. The molecule has 0 aliphatic heterocycles. The summed E-state index contributed by atoms with van der Waals surface area (Å²) in [4.78, 5) is 20.2. The zero-order valence-electron chi connectivity index (χ0n) is 14.0. The van der Waals surface area contributed by atoms with Crippen LogP contribution in [0.25, 0.3) is 0 Å². The topological polar surface area (TPSA) is 113 Å². The summed E-state index contributed by atoms with van der Waals surface area (Å²) in [5, 5.41) is 16.5. The third-order valence-corrected chi connectivity index (χ3v) is 4.54. The standard InChI is InChI=1S/C16H27N5O2/c1-4-10(3)19-16-18-8-12(14(17)23)15(21-16)20-11-6-5-9(2)13(22)7-11/h8-11,13,22H,4-7H2,1-3H3,(H2,17,23)(H2,18,19,20,21)/t9-,10?,11-,13-/m1/s1. The molecule has 2 rings (SSSR count). The molecule has 128 valence electrons. The predicted octanol–water partition coefficient (Wildman–Crippen LogP) is 1.75. The van der Waals surface area contributed by atoms with Crippen molar-refractivity contribution in [2.45, 2.75) is 64.6 Å². The van der Waals surface area contributed by atoms with E-state index in [1.807, 2.05) is 6.92 Å². The van der Waals surface area contributed by atoms with Gasteiger partial charge in [-0.05, 0) is 38.5 Å². The second kappa shape index (κ2) is 7.59. The van der Waals surface area contributed by atoms with Gasteiger partial charge in [0.05, 0.1) is 11.7 Å². The van der Waals surface area contributed by atoms with Crippen LogP contribution in [-0.2, 0) is 0 Å². The second-order valence-electron chi connectivity index (χ2n) is 6.47. The number of primary amides is 1. The van der Waals surface area contributed by atoms with Crippen LogP contribution in [0.15, 0.2) is 6.20 Å². The van der Waals surface area contributed by atoms with Gasteiger partial charge in [0.25, 0.3) is 5.91 Å². The van der Waals surface area contributed by atoms with Gasteiger partial charge in [-0.3, -0.25) is 4.79 Å². The molecule has 1 fully saturated rings. The number of carbonyl (C=O) groups excluding carboxylic acids is 1. The largest absolute Gasteiger partial charge is 0.393 e. The summed E-state index contributed by atoms with van der Waals surface area (Å²) in [6.07, 6.45) is 4.55. The molecule has 1 amide bonds. The van der Waals surface area contributed by atoms with Crippen LogP contribution < -0.4 is 16.4 Å². The molecule has 7 nitrogen and oxygen atoms in total. The van der Waals surface area contributed by atoms with Crippen LogP contribution in [0.5, 0.6) is 0 Å². The average Bonchev–Trinajstić information content (AvgIpc) is 2.50. The Labute approximate surface area is 137 Å². The van der Waals surface area contributed by atoms with E-state index in [0.717, 1.165) is 19.3 Å². The first-order valence-corrected chi connectivity index (χ1v) is 8.28. The number of aliphatic hydroxyl groups excluding tert-OH is 1. The Morgan fingerprint density at radius 3 is 2.87 bits per heavy atom. The van der Waals surface area contributed by atoms with Crippen molar-refractivity contribution in [2.24, 2.45) is 11.7 Å². The van der Waals surface area contributed by atoms with Gasteiger partial charge in [0.15, 0.2) is 0 Å². The molecule has 4 atom stereocenters. The highest BCUT2D eigenvalue weighted by atomic mass is 16.3. The van der Waals surface area contributed by atoms with Crippen molar-refractivity contribution in [3.8, 4) is 0 Å². The van der Waals surface area contributed by atoms with Crippen molar-refractivity contribution >= 4 is 17.7 Å². The maximum atomic E-state index is 11.6. The van der Waals surface area contributed by atoms with Crippen molar-refractivity contribution in [2.75, 3.05) is 10.6 Å². The number of amides is 1. The number of rotatable bonds is 6. The van der Waals surface area contributed by atoms with Gasteiger partial charge >= 0.3 is 0 Å². The number of anilines is 2. The van der Waals surface area contributed by atoms with Crippen molar-refractivity contribution in [3.05, 3.63) is 11.8 Å². The number of nitrogens with zero attached hydrogens (tertiary/aromatic N) is 2. The molecule has 0 spiro atoms. The fraction of sp³-hybridized carbons (Fsp3) is 0.688. The number of hydrogen-bond donors (Lipinski definition) is 4. The predicted molar refractivity (Wildman–Crippen MR) is 90.4 cm³/mol. The minimum Gasteiger partial charge on any atom is -0.393 e. The zero-order valence-corrected chi connectivity index (χ0v) is 14.0. The Morgan fingerprint density at radius 2 is 2.26 bits per heavy atom. The van der Waals surface area contributed by atoms with Gasteiger partial charge in [-0.1, -0.05) is 13.8 Å². The van der Waals surface area contributed by atoms with Gasteiger partial charge < -0.3 is 21.5 Å². The van der Waals surface area contributed by atoms with Crippen LogP contribution in [0.1, 0.15) is 56.8 Å². The fourth-order valence-corrected chi connectivity index (χ4v) is 2.69. The molecule has 1 aliphatic rings. The average molecular weight is 321 g/mol. The van der Waals surface area contributed by atoms with Crippen LogP contribution >= 0.6 is 0 Å². The lowest BCUT2D eigenvalue weighted by Gasteiger charge is -2.32. The quantitative estimate of drug-likeness (QED) is 0.635. The summed E-state index contributed by atoms with van der Waals surface area (Å²) in [5.41, 5.74) is 5.69. The van der Waals surface area contributed by atoms with Crippen LogP contribution in [0.2, 0.25) is 0 Å². The number of hydrogen-bond acceptors (Lipinski definition) is 6. The Balaban J connectivity index is 2.17. The zero-order chi connectivity index (χ0) is 17.0. The van der Waals surface area contributed by atoms with Gasteiger partial charge in [0, 0.05) is 18.3 Å². The molecule has 23 heavy (non-hydrogen) atoms. The minimum absolute atomic E-state index is 0.0747. The highest BCUT2D eigenvalue weighted by Gasteiger charge is 2.27. The minimum atomic E-state index is -0.563. The lowest BCUT2D eigenvalue weighted by molar-refractivity contribution is 0.0739. The summed E-state index contributed by atoms with van der Waals surface area (Å²) in [6.45, 7) is 6.16. The molecule has 1 saturated carbocycles. The monoisotopic (exact) mass is 321 g/mol. The number of carbonyl (C=O) groups is 1. The summed E-state index contributed by atoms with van der Waals surface area (Å²) in [5.74, 6) is 0.644. The van der Waals surface area contributed by atoms with Crippen molar-refractivity contribution in [3.63, 3.8) is 0 Å². The van der Waals surface area contributed by atoms with Crippen LogP contribution in [0.4, 0.5) is 11.8 Å². The molecule has 5 N–H and O–H groups in total. The molecule has 1 aliphatic carbocycles. The van der Waals surface area contributed by atoms with Crippen molar-refractivity contribution < 1.29 is 9.90 Å². The third-order valence-electron chi connectivity index (χ3n) is 4.54. The first-order valence-electron chi connectivity index (χ1n) is 8.28. The van der Waals surface area contributed by atoms with E-state index in [1.54, 1.807) is 0 Å². The summed E-state index contributed by atoms with van der Waals surface area (Å²) in [6, 6.07) is 0.310. The van der Waals surface area contributed by atoms with E-state index in [1.165, 1.54) is 6.20 Å². The first kappa shape index (κ1) is 17.5. The summed E-state index contributed by atoms with van der Waals surface area (Å²) < 4.78 is 0. The number of nitrogens with one attached hydrogen (secondary N) is 2. The Morgan fingerprint density at radius 1 is 1.52 bits per heavy atom. The van der Waals surface area contributed by atoms with Gasteiger partial charge in [-0.15, -0.1) is 0 Å². The van der Waals surface area contributed by atoms with E-state index in [-0.39, 0.29) is 23.8 Å².